The molecular formula is C20H35NO2. The first-order valence-corrected chi connectivity index (χ1v) is 9.15. The molecule has 0 atom stereocenters. The summed E-state index contributed by atoms with van der Waals surface area (Å²) in [5.41, 5.74) is 5.27. The van der Waals surface area contributed by atoms with Gasteiger partial charge < -0.3 is 10.5 Å². The molecule has 0 aromatic heterocycles. The maximum Gasteiger partial charge on any atom is 0.305 e. The Morgan fingerprint density at radius 3 is 2.13 bits per heavy atom. The fourth-order valence-corrected chi connectivity index (χ4v) is 2.11. The van der Waals surface area contributed by atoms with E-state index in [9.17, 15) is 4.79 Å². The van der Waals surface area contributed by atoms with Gasteiger partial charge in [-0.3, -0.25) is 4.79 Å². The van der Waals surface area contributed by atoms with Crippen LogP contribution in [0.15, 0.2) is 36.5 Å². The predicted molar refractivity (Wildman–Crippen MR) is 99.3 cm³/mol. The Balaban J connectivity index is 3.32. The van der Waals surface area contributed by atoms with E-state index in [1.54, 1.807) is 0 Å². The van der Waals surface area contributed by atoms with E-state index in [1.807, 2.05) is 0 Å². The first kappa shape index (κ1) is 21.6. The zero-order valence-corrected chi connectivity index (χ0v) is 14.8. The van der Waals surface area contributed by atoms with Gasteiger partial charge in [0.1, 0.15) is 6.61 Å². The molecular weight excluding hydrogens is 286 g/mol. The number of carbonyl (C=O) groups excluding carboxylic acids is 1. The van der Waals surface area contributed by atoms with Crippen LogP contribution in [0.2, 0.25) is 0 Å². The lowest BCUT2D eigenvalue weighted by Gasteiger charge is -2.02. The number of allylic oxidation sites excluding steroid dienone is 6. The molecule has 0 saturated heterocycles. The second kappa shape index (κ2) is 18.7. The fourth-order valence-electron chi connectivity index (χ4n) is 2.11. The molecule has 0 heterocycles. The van der Waals surface area contributed by atoms with Crippen LogP contribution in [-0.4, -0.2) is 19.1 Å². The molecule has 0 fully saturated rings. The Morgan fingerprint density at radius 1 is 0.870 bits per heavy atom. The van der Waals surface area contributed by atoms with Gasteiger partial charge in [0.15, 0.2) is 0 Å². The van der Waals surface area contributed by atoms with Crippen molar-refractivity contribution < 1.29 is 9.53 Å². The zero-order valence-electron chi connectivity index (χ0n) is 14.8. The lowest BCUT2D eigenvalue weighted by atomic mass is 10.1. The third kappa shape index (κ3) is 18.6. The topological polar surface area (TPSA) is 52.3 Å². The molecule has 0 unspecified atom stereocenters. The molecule has 0 bridgehead atoms. The summed E-state index contributed by atoms with van der Waals surface area (Å²) >= 11 is 0. The molecule has 3 nitrogen and oxygen atoms in total. The Hall–Kier alpha value is -1.35. The molecule has 0 radical (unpaired) electrons. The summed E-state index contributed by atoms with van der Waals surface area (Å²) in [5, 5.41) is 0. The van der Waals surface area contributed by atoms with E-state index in [0.717, 1.165) is 19.3 Å². The largest absolute Gasteiger partial charge is 0.464 e. The molecule has 3 heteroatoms. The molecule has 2 N–H and O–H groups in total. The molecule has 0 aromatic rings. The average molecular weight is 322 g/mol. The highest BCUT2D eigenvalue weighted by Gasteiger charge is 2.01. The maximum absolute atomic E-state index is 11.2. The van der Waals surface area contributed by atoms with E-state index in [4.69, 9.17) is 10.5 Å². The molecule has 0 saturated carbocycles. The smallest absolute Gasteiger partial charge is 0.305 e. The van der Waals surface area contributed by atoms with Crippen LogP contribution < -0.4 is 5.73 Å². The van der Waals surface area contributed by atoms with Gasteiger partial charge in [-0.1, -0.05) is 75.5 Å². The van der Waals surface area contributed by atoms with Crippen LogP contribution in [-0.2, 0) is 9.53 Å². The molecule has 0 aliphatic carbocycles. The third-order valence-electron chi connectivity index (χ3n) is 3.46. The monoisotopic (exact) mass is 321 g/mol. The lowest BCUT2D eigenvalue weighted by molar-refractivity contribution is -0.143. The van der Waals surface area contributed by atoms with Gasteiger partial charge in [-0.25, -0.2) is 0 Å². The maximum atomic E-state index is 11.2. The normalized spacial score (nSPS) is 11.9. The fraction of sp³-hybridized carbons (Fsp3) is 0.650. The number of hydrogen-bond donors (Lipinski definition) is 1. The molecule has 0 aliphatic heterocycles. The third-order valence-corrected chi connectivity index (χ3v) is 3.46. The van der Waals surface area contributed by atoms with Crippen LogP contribution in [0.5, 0.6) is 0 Å². The standard InChI is InChI=1S/C20H35NO2/c1-2-3-4-5-6-7-8-9-10-11-12-13-14-15-16-17-20(22)23-19-18-21/h5-10H,2-4,11-19,21H2,1H3/b6-5+,8-7+,10-9+. The zero-order chi connectivity index (χ0) is 17.0. The second-order valence-corrected chi connectivity index (χ2v) is 5.70. The van der Waals surface area contributed by atoms with Crippen LogP contribution in [0, 0.1) is 0 Å². The summed E-state index contributed by atoms with van der Waals surface area (Å²) in [6.45, 7) is 2.96. The van der Waals surface area contributed by atoms with Gasteiger partial charge in [-0.15, -0.1) is 0 Å². The van der Waals surface area contributed by atoms with Gasteiger partial charge in [0.2, 0.25) is 0 Å². The lowest BCUT2D eigenvalue weighted by Crippen LogP contribution is -2.13. The van der Waals surface area contributed by atoms with Gasteiger partial charge in [0, 0.05) is 13.0 Å². The van der Waals surface area contributed by atoms with Crippen LogP contribution in [0.1, 0.15) is 71.1 Å². The number of hydrogen-bond acceptors (Lipinski definition) is 3. The predicted octanol–water partition coefficient (Wildman–Crippen LogP) is 5.08. The molecule has 0 aromatic carbocycles. The van der Waals surface area contributed by atoms with Gasteiger partial charge in [-0.05, 0) is 25.7 Å². The van der Waals surface area contributed by atoms with Crippen molar-refractivity contribution in [1.29, 1.82) is 0 Å². The molecule has 132 valence electrons. The van der Waals surface area contributed by atoms with Gasteiger partial charge >= 0.3 is 5.97 Å². The van der Waals surface area contributed by atoms with Crippen molar-refractivity contribution >= 4 is 5.97 Å². The summed E-state index contributed by atoms with van der Waals surface area (Å²) in [6, 6.07) is 0. The number of ether oxygens (including phenoxy) is 1. The highest BCUT2D eigenvalue weighted by molar-refractivity contribution is 5.69. The van der Waals surface area contributed by atoms with Crippen molar-refractivity contribution in [3.8, 4) is 0 Å². The molecule has 0 rings (SSSR count). The molecule has 0 aliphatic rings. The minimum Gasteiger partial charge on any atom is -0.464 e. The molecule has 0 amide bonds. The highest BCUT2D eigenvalue weighted by atomic mass is 16.5. The summed E-state index contributed by atoms with van der Waals surface area (Å²) in [5.74, 6) is -0.117. The van der Waals surface area contributed by atoms with Crippen molar-refractivity contribution in [2.75, 3.05) is 13.2 Å². The van der Waals surface area contributed by atoms with Crippen LogP contribution in [0.3, 0.4) is 0 Å². The number of rotatable bonds is 15. The van der Waals surface area contributed by atoms with Crippen LogP contribution in [0.25, 0.3) is 0 Å². The SMILES string of the molecule is CCCC/C=C/C=C/C=C/CCCCCCCC(=O)OCCN. The number of esters is 1. The van der Waals surface area contributed by atoms with E-state index in [1.165, 1.54) is 38.5 Å². The van der Waals surface area contributed by atoms with Crippen molar-refractivity contribution in [1.82, 2.24) is 0 Å². The van der Waals surface area contributed by atoms with E-state index in [-0.39, 0.29) is 5.97 Å². The summed E-state index contributed by atoms with van der Waals surface area (Å²) in [6.07, 6.45) is 23.9. The van der Waals surface area contributed by atoms with E-state index in [0.29, 0.717) is 19.6 Å². The van der Waals surface area contributed by atoms with Crippen LogP contribution >= 0.6 is 0 Å². The van der Waals surface area contributed by atoms with E-state index < -0.39 is 0 Å². The van der Waals surface area contributed by atoms with Gasteiger partial charge in [-0.2, -0.15) is 0 Å². The Morgan fingerprint density at radius 2 is 1.48 bits per heavy atom. The Labute approximate surface area is 142 Å². The van der Waals surface area contributed by atoms with Crippen molar-refractivity contribution in [2.24, 2.45) is 5.73 Å². The minimum absolute atomic E-state index is 0.117. The Kier molecular flexibility index (Phi) is 17.6. The van der Waals surface area contributed by atoms with Crippen molar-refractivity contribution in [2.45, 2.75) is 71.1 Å². The highest BCUT2D eigenvalue weighted by Crippen LogP contribution is 2.08. The van der Waals surface area contributed by atoms with Crippen molar-refractivity contribution in [3.63, 3.8) is 0 Å². The number of carbonyl (C=O) groups is 1. The second-order valence-electron chi connectivity index (χ2n) is 5.70. The quantitative estimate of drug-likeness (QED) is 0.260. The number of unbranched alkanes of at least 4 members (excludes halogenated alkanes) is 7. The van der Waals surface area contributed by atoms with Gasteiger partial charge in [0.25, 0.3) is 0 Å². The van der Waals surface area contributed by atoms with Crippen LogP contribution in [0.4, 0.5) is 0 Å². The molecule has 0 spiro atoms. The Bertz CT molecular complexity index is 346. The molecule has 23 heavy (non-hydrogen) atoms. The van der Waals surface area contributed by atoms with Crippen molar-refractivity contribution in [3.05, 3.63) is 36.5 Å². The van der Waals surface area contributed by atoms with E-state index in [2.05, 4.69) is 43.4 Å². The number of nitrogens with two attached hydrogens (primary N) is 1. The van der Waals surface area contributed by atoms with E-state index >= 15 is 0 Å². The average Bonchev–Trinajstić information content (AvgIpc) is 2.56. The summed E-state index contributed by atoms with van der Waals surface area (Å²) in [4.78, 5) is 11.2. The minimum atomic E-state index is -0.117. The first-order chi connectivity index (χ1) is 11.3. The summed E-state index contributed by atoms with van der Waals surface area (Å²) in [7, 11) is 0. The first-order valence-electron chi connectivity index (χ1n) is 9.15. The van der Waals surface area contributed by atoms with Gasteiger partial charge in [0.05, 0.1) is 0 Å². The summed E-state index contributed by atoms with van der Waals surface area (Å²) < 4.78 is 4.93.